The maximum atomic E-state index is 15.1. The van der Waals surface area contributed by atoms with Crippen LogP contribution in [0.25, 0.3) is 22.0 Å². The second kappa shape index (κ2) is 12.7. The highest BCUT2D eigenvalue weighted by Gasteiger charge is 2.45. The zero-order chi connectivity index (χ0) is 32.5. The van der Waals surface area contributed by atoms with E-state index in [9.17, 15) is 27.9 Å². The summed E-state index contributed by atoms with van der Waals surface area (Å²) >= 11 is 6.41. The molecule has 14 heteroatoms. The summed E-state index contributed by atoms with van der Waals surface area (Å²) in [6.07, 6.45) is -3.46. The van der Waals surface area contributed by atoms with Crippen LogP contribution in [0.5, 0.6) is 0 Å². The van der Waals surface area contributed by atoms with Crippen LogP contribution in [0.3, 0.4) is 0 Å². The second-order valence-electron chi connectivity index (χ2n) is 10.3. The molecule has 8 nitrogen and oxygen atoms in total. The highest BCUT2D eigenvalue weighted by molar-refractivity contribution is 6.33. The lowest BCUT2D eigenvalue weighted by atomic mass is 9.94. The summed E-state index contributed by atoms with van der Waals surface area (Å²) < 4.78 is 70.8. The average Bonchev–Trinajstić information content (AvgIpc) is 3.00. The van der Waals surface area contributed by atoms with Gasteiger partial charge in [-0.3, -0.25) is 9.78 Å². The molecule has 0 radical (unpaired) electrons. The molecule has 232 valence electrons. The highest BCUT2D eigenvalue weighted by Crippen LogP contribution is 2.35. The zero-order valence-corrected chi connectivity index (χ0v) is 23.9. The number of anilines is 1. The normalized spacial score (nSPS) is 15.8. The quantitative estimate of drug-likeness (QED) is 0.229. The van der Waals surface area contributed by atoms with Crippen molar-refractivity contribution >= 4 is 40.1 Å². The van der Waals surface area contributed by atoms with Gasteiger partial charge in [0.25, 0.3) is 5.91 Å². The number of nitrogens with one attached hydrogen (secondary N) is 2. The monoisotopic (exact) mass is 643 g/mol. The molecule has 3 aromatic carbocycles. The van der Waals surface area contributed by atoms with Gasteiger partial charge in [0.15, 0.2) is 0 Å². The number of amides is 1. The van der Waals surface area contributed by atoms with Crippen molar-refractivity contribution in [2.45, 2.75) is 24.7 Å². The molecule has 1 aromatic heterocycles. The Morgan fingerprint density at radius 1 is 1.13 bits per heavy atom. The topological polar surface area (TPSA) is 118 Å². The number of nitrogens with zero attached hydrogens (tertiary/aromatic N) is 3. The molecule has 1 saturated heterocycles. The molecule has 0 saturated carbocycles. The summed E-state index contributed by atoms with van der Waals surface area (Å²) in [5.41, 5.74) is 0.895. The van der Waals surface area contributed by atoms with Crippen LogP contribution in [0.1, 0.15) is 21.5 Å². The molecule has 1 aliphatic heterocycles. The van der Waals surface area contributed by atoms with Crippen LogP contribution in [-0.2, 0) is 11.2 Å². The molecule has 2 atom stereocenters. The largest absolute Gasteiger partial charge is 0.480 e. The van der Waals surface area contributed by atoms with Gasteiger partial charge in [0.2, 0.25) is 0 Å². The van der Waals surface area contributed by atoms with Crippen molar-refractivity contribution in [2.75, 3.05) is 24.5 Å². The fourth-order valence-corrected chi connectivity index (χ4v) is 5.61. The number of alkyl halides is 3. The van der Waals surface area contributed by atoms with Gasteiger partial charge < -0.3 is 20.6 Å². The van der Waals surface area contributed by atoms with E-state index in [4.69, 9.17) is 16.9 Å². The van der Waals surface area contributed by atoms with Crippen molar-refractivity contribution in [1.29, 1.82) is 5.26 Å². The van der Waals surface area contributed by atoms with Crippen molar-refractivity contribution in [3.05, 3.63) is 94.1 Å². The number of carbonyl (C=O) groups excluding carboxylic acids is 1. The Kier molecular flexibility index (Phi) is 8.90. The predicted molar refractivity (Wildman–Crippen MR) is 156 cm³/mol. The lowest BCUT2D eigenvalue weighted by Crippen LogP contribution is -2.58. The number of pyridine rings is 1. The third-order valence-corrected chi connectivity index (χ3v) is 7.80. The van der Waals surface area contributed by atoms with E-state index in [1.165, 1.54) is 12.3 Å². The molecule has 45 heavy (non-hydrogen) atoms. The molecule has 0 aliphatic carbocycles. The van der Waals surface area contributed by atoms with Crippen molar-refractivity contribution in [2.24, 2.45) is 0 Å². The first-order chi connectivity index (χ1) is 21.4. The molecule has 4 aromatic rings. The van der Waals surface area contributed by atoms with Crippen molar-refractivity contribution in [3.8, 4) is 17.2 Å². The maximum absolute atomic E-state index is 15.1. The fraction of sp³-hybridized carbons (Fsp3) is 0.226. The van der Waals surface area contributed by atoms with Crippen molar-refractivity contribution in [3.63, 3.8) is 0 Å². The van der Waals surface area contributed by atoms with Crippen LogP contribution in [0, 0.1) is 23.0 Å². The number of benzene rings is 3. The van der Waals surface area contributed by atoms with E-state index in [2.05, 4.69) is 15.6 Å². The third-order valence-electron chi connectivity index (χ3n) is 7.48. The van der Waals surface area contributed by atoms with E-state index < -0.39 is 59.6 Å². The van der Waals surface area contributed by atoms with Gasteiger partial charge in [0, 0.05) is 59.5 Å². The number of piperazine rings is 1. The molecule has 0 spiro atoms. The molecular weight excluding hydrogens is 621 g/mol. The molecule has 1 aliphatic rings. The first-order valence-electron chi connectivity index (χ1n) is 13.5. The molecule has 1 fully saturated rings. The summed E-state index contributed by atoms with van der Waals surface area (Å²) in [6.45, 7) is -0.528. The smallest absolute Gasteiger partial charge is 0.409 e. The Morgan fingerprint density at radius 2 is 1.84 bits per heavy atom. The van der Waals surface area contributed by atoms with Crippen LogP contribution < -0.4 is 15.5 Å². The number of carbonyl (C=O) groups is 2. The van der Waals surface area contributed by atoms with Gasteiger partial charge in [0.1, 0.15) is 29.3 Å². The number of fused-ring (bicyclic) bond motifs is 1. The summed E-state index contributed by atoms with van der Waals surface area (Å²) in [7, 11) is 0. The average molecular weight is 644 g/mol. The van der Waals surface area contributed by atoms with Crippen LogP contribution in [0.15, 0.2) is 60.8 Å². The van der Waals surface area contributed by atoms with E-state index in [1.807, 2.05) is 6.07 Å². The lowest BCUT2D eigenvalue weighted by Gasteiger charge is -2.38. The Balaban J connectivity index is 1.42. The zero-order valence-electron chi connectivity index (χ0n) is 23.1. The van der Waals surface area contributed by atoms with Gasteiger partial charge in [-0.15, -0.1) is 0 Å². The third kappa shape index (κ3) is 6.52. The number of carboxylic acid groups (broad SMARTS) is 1. The van der Waals surface area contributed by atoms with E-state index >= 15 is 8.78 Å². The van der Waals surface area contributed by atoms with E-state index in [0.717, 1.165) is 4.90 Å². The number of aliphatic carboxylic acids is 1. The molecule has 0 bridgehead atoms. The first-order valence-corrected chi connectivity index (χ1v) is 13.9. The summed E-state index contributed by atoms with van der Waals surface area (Å²) in [6, 6.07) is 10.9. The van der Waals surface area contributed by atoms with Crippen LogP contribution in [0.2, 0.25) is 5.02 Å². The number of nitriles is 1. The molecule has 2 heterocycles. The molecular formula is C31H23ClF5N5O3. The molecule has 1 amide bonds. The van der Waals surface area contributed by atoms with Gasteiger partial charge >= 0.3 is 12.1 Å². The van der Waals surface area contributed by atoms with Crippen molar-refractivity contribution < 1.29 is 36.6 Å². The lowest BCUT2D eigenvalue weighted by molar-refractivity contribution is -0.149. The Labute approximate surface area is 258 Å². The standard InChI is InChI=1S/C31H23ClF5N5O3/c32-22-10-16(14-38)3-5-20(22)21-6-4-17(19-2-1-7-40-28(19)21)11-25(30(44)45)41-29(43)27-23(33)12-18(13-24(27)34)42-9-8-39-15-26(42)31(35,36)37/h1-7,10,12-13,25-26,39H,8-9,11,15H2,(H,41,43)(H,44,45). The fourth-order valence-electron chi connectivity index (χ4n) is 5.33. The van der Waals surface area contributed by atoms with Gasteiger partial charge in [-0.05, 0) is 35.9 Å². The summed E-state index contributed by atoms with van der Waals surface area (Å²) in [5, 5.41) is 24.6. The Morgan fingerprint density at radius 3 is 2.49 bits per heavy atom. The SMILES string of the molecule is N#Cc1ccc(-c2ccc(CC(NC(=O)c3c(F)cc(N4CCNCC4C(F)(F)F)cc3F)C(=O)O)c3cccnc23)c(Cl)c1. The minimum atomic E-state index is -4.68. The number of hydrogen-bond donors (Lipinski definition) is 3. The van der Waals surface area contributed by atoms with Gasteiger partial charge in [0.05, 0.1) is 17.1 Å². The molecule has 2 unspecified atom stereocenters. The number of carboxylic acids is 1. The van der Waals surface area contributed by atoms with Gasteiger partial charge in [-0.2, -0.15) is 18.4 Å². The summed E-state index contributed by atoms with van der Waals surface area (Å²) in [5.74, 6) is -5.76. The van der Waals surface area contributed by atoms with E-state index in [1.54, 1.807) is 36.4 Å². The minimum Gasteiger partial charge on any atom is -0.480 e. The highest BCUT2D eigenvalue weighted by atomic mass is 35.5. The van der Waals surface area contributed by atoms with Crippen molar-refractivity contribution in [1.82, 2.24) is 15.6 Å². The van der Waals surface area contributed by atoms with Gasteiger partial charge in [-0.25, -0.2) is 13.6 Å². The molecule has 3 N–H and O–H groups in total. The minimum absolute atomic E-state index is 0.143. The number of rotatable bonds is 7. The number of halogens is 6. The predicted octanol–water partition coefficient (Wildman–Crippen LogP) is 5.47. The first kappa shape index (κ1) is 31.6. The molecule has 5 rings (SSSR count). The maximum Gasteiger partial charge on any atom is 0.409 e. The van der Waals surface area contributed by atoms with Crippen LogP contribution in [-0.4, -0.2) is 59.9 Å². The Bertz CT molecular complexity index is 1820. The number of hydrogen-bond acceptors (Lipinski definition) is 6. The van der Waals surface area contributed by atoms with Gasteiger partial charge in [-0.1, -0.05) is 35.9 Å². The summed E-state index contributed by atoms with van der Waals surface area (Å²) in [4.78, 5) is 30.4. The second-order valence-corrected chi connectivity index (χ2v) is 10.7. The number of aromatic nitrogens is 1. The van der Waals surface area contributed by atoms with E-state index in [0.29, 0.717) is 50.3 Å². The Hall–Kier alpha value is -4.80. The van der Waals surface area contributed by atoms with E-state index in [-0.39, 0.29) is 19.5 Å². The van der Waals surface area contributed by atoms with Crippen LogP contribution in [0.4, 0.5) is 27.6 Å². The van der Waals surface area contributed by atoms with Crippen LogP contribution >= 0.6 is 11.6 Å².